The summed E-state index contributed by atoms with van der Waals surface area (Å²) in [6.07, 6.45) is 0. The van der Waals surface area contributed by atoms with Crippen LogP contribution in [0.5, 0.6) is 17.2 Å². The van der Waals surface area contributed by atoms with Gasteiger partial charge in [-0.1, -0.05) is 23.5 Å². The fourth-order valence-corrected chi connectivity index (χ4v) is 3.21. The molecule has 0 amide bonds. The number of methoxy groups -OCH3 is 3. The van der Waals surface area contributed by atoms with E-state index in [1.165, 1.54) is 0 Å². The molecule has 3 rings (SSSR count). The minimum atomic E-state index is 0.587. The topological polar surface area (TPSA) is 52.6 Å². The number of anilines is 1. The zero-order valence-electron chi connectivity index (χ0n) is 13.3. The summed E-state index contributed by atoms with van der Waals surface area (Å²) in [5.41, 5.74) is 1.98. The highest BCUT2D eigenvalue weighted by atomic mass is 32.1. The molecule has 0 saturated carbocycles. The average Bonchev–Trinajstić information content (AvgIpc) is 3.01. The van der Waals surface area contributed by atoms with Crippen LogP contribution in [0.15, 0.2) is 36.4 Å². The molecule has 23 heavy (non-hydrogen) atoms. The third-order valence-electron chi connectivity index (χ3n) is 3.51. The molecule has 0 aliphatic carbocycles. The van der Waals surface area contributed by atoms with Gasteiger partial charge in [0.1, 0.15) is 5.75 Å². The van der Waals surface area contributed by atoms with E-state index in [-0.39, 0.29) is 0 Å². The van der Waals surface area contributed by atoms with E-state index in [0.717, 1.165) is 26.7 Å². The maximum Gasteiger partial charge on any atom is 0.184 e. The molecule has 1 N–H and O–H groups in total. The molecule has 0 bridgehead atoms. The van der Waals surface area contributed by atoms with Gasteiger partial charge in [0.2, 0.25) is 0 Å². The Morgan fingerprint density at radius 1 is 0.957 bits per heavy atom. The van der Waals surface area contributed by atoms with Gasteiger partial charge in [-0.3, -0.25) is 0 Å². The van der Waals surface area contributed by atoms with Gasteiger partial charge in [-0.15, -0.1) is 0 Å². The van der Waals surface area contributed by atoms with E-state index in [4.69, 9.17) is 14.2 Å². The molecule has 0 saturated heterocycles. The van der Waals surface area contributed by atoms with Gasteiger partial charge in [0, 0.05) is 18.2 Å². The zero-order valence-corrected chi connectivity index (χ0v) is 14.1. The monoisotopic (exact) mass is 330 g/mol. The first kappa shape index (κ1) is 15.4. The van der Waals surface area contributed by atoms with Gasteiger partial charge in [-0.05, 0) is 18.2 Å². The number of para-hydroxylation sites is 1. The molecule has 0 aliphatic heterocycles. The predicted molar refractivity (Wildman–Crippen MR) is 93.0 cm³/mol. The number of ether oxygens (including phenoxy) is 3. The van der Waals surface area contributed by atoms with Crippen LogP contribution in [0.25, 0.3) is 10.2 Å². The van der Waals surface area contributed by atoms with Crippen molar-refractivity contribution in [2.45, 2.75) is 6.54 Å². The first-order chi connectivity index (χ1) is 11.2. The summed E-state index contributed by atoms with van der Waals surface area (Å²) in [7, 11) is 4.87. The molecular formula is C17H18N2O3S. The zero-order chi connectivity index (χ0) is 16.2. The molecular weight excluding hydrogens is 312 g/mol. The van der Waals surface area contributed by atoms with E-state index >= 15 is 0 Å². The summed E-state index contributed by atoms with van der Waals surface area (Å²) < 4.78 is 17.3. The normalized spacial score (nSPS) is 10.6. The van der Waals surface area contributed by atoms with Crippen molar-refractivity contribution in [2.24, 2.45) is 0 Å². The van der Waals surface area contributed by atoms with Crippen LogP contribution in [0.1, 0.15) is 5.56 Å². The molecule has 1 aromatic heterocycles. The lowest BCUT2D eigenvalue weighted by molar-refractivity contribution is 0.347. The average molecular weight is 330 g/mol. The largest absolute Gasteiger partial charge is 0.496 e. The van der Waals surface area contributed by atoms with Crippen LogP contribution in [0, 0.1) is 0 Å². The summed E-state index contributed by atoms with van der Waals surface area (Å²) in [6, 6.07) is 11.8. The number of thiazole rings is 1. The summed E-state index contributed by atoms with van der Waals surface area (Å²) in [5.74, 6) is 2.07. The number of benzene rings is 2. The Hall–Kier alpha value is -2.47. The van der Waals surface area contributed by atoms with Crippen molar-refractivity contribution in [3.05, 3.63) is 42.0 Å². The highest BCUT2D eigenvalue weighted by molar-refractivity contribution is 7.22. The predicted octanol–water partition coefficient (Wildman–Crippen LogP) is 3.93. The van der Waals surface area contributed by atoms with Gasteiger partial charge >= 0.3 is 0 Å². The second-order valence-electron chi connectivity index (χ2n) is 4.86. The fourth-order valence-electron chi connectivity index (χ4n) is 2.35. The molecule has 6 heteroatoms. The molecule has 0 aliphatic rings. The molecule has 0 unspecified atom stereocenters. The molecule has 0 fully saturated rings. The third-order valence-corrected chi connectivity index (χ3v) is 4.50. The number of nitrogens with one attached hydrogen (secondary N) is 1. The molecule has 0 atom stereocenters. The minimum Gasteiger partial charge on any atom is -0.496 e. The molecule has 0 radical (unpaired) electrons. The molecule has 5 nitrogen and oxygen atoms in total. The van der Waals surface area contributed by atoms with E-state index in [0.29, 0.717) is 18.0 Å². The second kappa shape index (κ2) is 6.75. The van der Waals surface area contributed by atoms with Gasteiger partial charge in [0.15, 0.2) is 16.6 Å². The molecule has 1 heterocycles. The first-order valence-corrected chi connectivity index (χ1v) is 7.95. The standard InChI is InChI=1S/C17H18N2O3S/c1-20-13-9-15(22-3)14(21-2)8-11(13)10-18-17-19-12-6-4-5-7-16(12)23-17/h4-9H,10H2,1-3H3,(H,18,19). The second-order valence-corrected chi connectivity index (χ2v) is 5.89. The van der Waals surface area contributed by atoms with Crippen LogP contribution in [-0.2, 0) is 6.54 Å². The Morgan fingerprint density at radius 2 is 1.65 bits per heavy atom. The first-order valence-electron chi connectivity index (χ1n) is 7.13. The summed E-state index contributed by atoms with van der Waals surface area (Å²) >= 11 is 1.63. The fraction of sp³-hybridized carbons (Fsp3) is 0.235. The van der Waals surface area contributed by atoms with Crippen LogP contribution < -0.4 is 19.5 Å². The number of hydrogen-bond donors (Lipinski definition) is 1. The van der Waals surface area contributed by atoms with Crippen LogP contribution in [0.4, 0.5) is 5.13 Å². The Kier molecular flexibility index (Phi) is 4.52. The van der Waals surface area contributed by atoms with Crippen molar-refractivity contribution in [3.8, 4) is 17.2 Å². The van der Waals surface area contributed by atoms with E-state index < -0.39 is 0 Å². The van der Waals surface area contributed by atoms with Crippen LogP contribution >= 0.6 is 11.3 Å². The molecule has 3 aromatic rings. The molecule has 120 valence electrons. The van der Waals surface area contributed by atoms with Crippen LogP contribution in [-0.4, -0.2) is 26.3 Å². The Balaban J connectivity index is 1.84. The van der Waals surface area contributed by atoms with Crippen LogP contribution in [0.3, 0.4) is 0 Å². The molecule has 2 aromatic carbocycles. The lowest BCUT2D eigenvalue weighted by Gasteiger charge is -2.14. The summed E-state index contributed by atoms with van der Waals surface area (Å²) in [5, 5.41) is 4.22. The van der Waals surface area contributed by atoms with Gasteiger partial charge in [-0.25, -0.2) is 4.98 Å². The highest BCUT2D eigenvalue weighted by Crippen LogP contribution is 2.35. The van der Waals surface area contributed by atoms with Crippen molar-refractivity contribution in [1.82, 2.24) is 4.98 Å². The van der Waals surface area contributed by atoms with E-state index in [1.54, 1.807) is 32.7 Å². The van der Waals surface area contributed by atoms with E-state index in [9.17, 15) is 0 Å². The van der Waals surface area contributed by atoms with Crippen molar-refractivity contribution in [3.63, 3.8) is 0 Å². The van der Waals surface area contributed by atoms with Gasteiger partial charge in [0.25, 0.3) is 0 Å². The van der Waals surface area contributed by atoms with Crippen molar-refractivity contribution >= 4 is 26.7 Å². The Bertz CT molecular complexity index is 784. The highest BCUT2D eigenvalue weighted by Gasteiger charge is 2.12. The quantitative estimate of drug-likeness (QED) is 0.742. The molecule has 0 spiro atoms. The summed E-state index contributed by atoms with van der Waals surface area (Å²) in [4.78, 5) is 4.57. The van der Waals surface area contributed by atoms with Crippen molar-refractivity contribution in [2.75, 3.05) is 26.6 Å². The van der Waals surface area contributed by atoms with E-state index in [2.05, 4.69) is 16.4 Å². The number of aromatic nitrogens is 1. The minimum absolute atomic E-state index is 0.587. The smallest absolute Gasteiger partial charge is 0.184 e. The van der Waals surface area contributed by atoms with Crippen LogP contribution in [0.2, 0.25) is 0 Å². The van der Waals surface area contributed by atoms with Gasteiger partial charge < -0.3 is 19.5 Å². The number of rotatable bonds is 6. The Labute approximate surface area is 138 Å². The van der Waals surface area contributed by atoms with Crippen molar-refractivity contribution in [1.29, 1.82) is 0 Å². The van der Waals surface area contributed by atoms with Gasteiger partial charge in [0.05, 0.1) is 31.5 Å². The lowest BCUT2D eigenvalue weighted by atomic mass is 10.1. The SMILES string of the molecule is COc1cc(OC)c(OC)cc1CNc1nc2ccccc2s1. The number of hydrogen-bond acceptors (Lipinski definition) is 6. The number of fused-ring (bicyclic) bond motifs is 1. The maximum absolute atomic E-state index is 5.44. The Morgan fingerprint density at radius 3 is 2.35 bits per heavy atom. The van der Waals surface area contributed by atoms with E-state index in [1.807, 2.05) is 30.3 Å². The maximum atomic E-state index is 5.44. The lowest BCUT2D eigenvalue weighted by Crippen LogP contribution is -2.03. The van der Waals surface area contributed by atoms with Gasteiger partial charge in [-0.2, -0.15) is 0 Å². The number of nitrogens with zero attached hydrogens (tertiary/aromatic N) is 1. The summed E-state index contributed by atoms with van der Waals surface area (Å²) in [6.45, 7) is 0.587. The third kappa shape index (κ3) is 3.17. The van der Waals surface area contributed by atoms with Crippen molar-refractivity contribution < 1.29 is 14.2 Å².